The summed E-state index contributed by atoms with van der Waals surface area (Å²) in [4.78, 5) is 15.7. The smallest absolute Gasteiger partial charge is 0.320 e. The van der Waals surface area contributed by atoms with Crippen molar-refractivity contribution in [1.29, 1.82) is 0 Å². The Hall–Kier alpha value is -3.32. The molecule has 0 bridgehead atoms. The van der Waals surface area contributed by atoms with Gasteiger partial charge < -0.3 is 19.2 Å². The van der Waals surface area contributed by atoms with Gasteiger partial charge in [0.25, 0.3) is 0 Å². The maximum atomic E-state index is 14.2. The first-order valence-electron chi connectivity index (χ1n) is 15.4. The molecule has 0 saturated carbocycles. The van der Waals surface area contributed by atoms with Gasteiger partial charge in [-0.05, 0) is 61.8 Å². The molecule has 1 fully saturated rings. The maximum Gasteiger partial charge on any atom is 0.320 e. The molecule has 9 nitrogen and oxygen atoms in total. The van der Waals surface area contributed by atoms with Crippen LogP contribution < -0.4 is 15.4 Å². The van der Waals surface area contributed by atoms with E-state index in [4.69, 9.17) is 19.0 Å². The Labute approximate surface area is 266 Å². The minimum atomic E-state index is -1.99. The number of hydrogen-bond donors (Lipinski definition) is 2. The summed E-state index contributed by atoms with van der Waals surface area (Å²) in [5.74, 6) is -1.20. The number of nitrogens with one attached hydrogen (secondary N) is 2. The molecule has 3 atom stereocenters. The number of amides is 2. The fourth-order valence-corrected chi connectivity index (χ4v) is 6.68. The number of halogens is 2. The number of benzene rings is 2. The standard InChI is InChI=1S/C33H47F2N5O4Si/c1-22(44-45(7,8)33(3,4)5)21-43-31-23(2)30(40(38-31)25-12-10-9-11-13-25)37-32(41)36-29-20-39(16-17-42-6)19-26(29)24-14-15-27(34)28(35)18-24/h9-15,18,22,26,29H,16-17,19-21H2,1-8H3,(H2,36,37,41)/t22?,26-,29+/m0/s1. The predicted octanol–water partition coefficient (Wildman–Crippen LogP) is 6.48. The molecule has 45 heavy (non-hydrogen) atoms. The number of hydrogen-bond acceptors (Lipinski definition) is 6. The molecule has 0 radical (unpaired) electrons. The fraction of sp³-hybridized carbons (Fsp3) is 0.515. The molecule has 2 heterocycles. The molecule has 2 amide bonds. The molecular formula is C33H47F2N5O4Si. The monoisotopic (exact) mass is 643 g/mol. The van der Waals surface area contributed by atoms with E-state index in [1.165, 1.54) is 6.07 Å². The highest BCUT2D eigenvalue weighted by Gasteiger charge is 2.39. The van der Waals surface area contributed by atoms with Crippen molar-refractivity contribution in [2.45, 2.75) is 70.8 Å². The Morgan fingerprint density at radius 1 is 1.11 bits per heavy atom. The summed E-state index contributed by atoms with van der Waals surface area (Å²) in [6, 6.07) is 12.6. The van der Waals surface area contributed by atoms with Crippen LogP contribution in [-0.2, 0) is 9.16 Å². The van der Waals surface area contributed by atoms with E-state index in [-0.39, 0.29) is 23.1 Å². The lowest BCUT2D eigenvalue weighted by Crippen LogP contribution is -2.44. The van der Waals surface area contributed by atoms with Gasteiger partial charge in [0.1, 0.15) is 12.4 Å². The molecule has 1 unspecified atom stereocenters. The van der Waals surface area contributed by atoms with Crippen molar-refractivity contribution < 1.29 is 27.5 Å². The van der Waals surface area contributed by atoms with Gasteiger partial charge in [-0.15, -0.1) is 5.10 Å². The molecule has 3 aromatic rings. The van der Waals surface area contributed by atoms with Crippen LogP contribution in [0.5, 0.6) is 5.88 Å². The molecule has 2 aromatic carbocycles. The highest BCUT2D eigenvalue weighted by Crippen LogP contribution is 2.37. The number of carbonyl (C=O) groups excluding carboxylic acids is 1. The second-order valence-electron chi connectivity index (χ2n) is 13.3. The van der Waals surface area contributed by atoms with E-state index in [9.17, 15) is 13.6 Å². The van der Waals surface area contributed by atoms with Crippen molar-refractivity contribution in [3.63, 3.8) is 0 Å². The van der Waals surface area contributed by atoms with Crippen molar-refractivity contribution in [2.75, 3.05) is 45.3 Å². The number of para-hydroxylation sites is 1. The van der Waals surface area contributed by atoms with Crippen molar-refractivity contribution in [2.24, 2.45) is 0 Å². The number of rotatable bonds is 12. The molecule has 1 aliphatic rings. The van der Waals surface area contributed by atoms with E-state index in [0.717, 1.165) is 11.8 Å². The second-order valence-corrected chi connectivity index (χ2v) is 18.0. The summed E-state index contributed by atoms with van der Waals surface area (Å²) >= 11 is 0. The van der Waals surface area contributed by atoms with Gasteiger partial charge in [0.05, 0.1) is 30.0 Å². The SMILES string of the molecule is COCCN1C[C@@H](NC(=O)Nc2c(C)c(OCC(C)O[Si](C)(C)C(C)(C)C)nn2-c2ccccc2)[C@H](c2ccc(F)c(F)c2)C1. The van der Waals surface area contributed by atoms with Crippen LogP contribution in [0.25, 0.3) is 5.69 Å². The van der Waals surface area contributed by atoms with Crippen LogP contribution in [-0.4, -0.2) is 81.1 Å². The van der Waals surface area contributed by atoms with Gasteiger partial charge in [0, 0.05) is 32.7 Å². The molecule has 2 N–H and O–H groups in total. The van der Waals surface area contributed by atoms with Gasteiger partial charge in [-0.2, -0.15) is 0 Å². The fourth-order valence-electron chi connectivity index (χ4n) is 5.25. The number of ether oxygens (including phenoxy) is 2. The number of methoxy groups -OCH3 is 1. The zero-order chi connectivity index (χ0) is 32.9. The predicted molar refractivity (Wildman–Crippen MR) is 175 cm³/mol. The van der Waals surface area contributed by atoms with Crippen molar-refractivity contribution in [3.05, 3.63) is 71.3 Å². The largest absolute Gasteiger partial charge is 0.474 e. The van der Waals surface area contributed by atoms with Crippen LogP contribution in [0, 0.1) is 18.6 Å². The first-order chi connectivity index (χ1) is 21.2. The van der Waals surface area contributed by atoms with Crippen LogP contribution >= 0.6 is 0 Å². The molecule has 12 heteroatoms. The van der Waals surface area contributed by atoms with E-state index < -0.39 is 26.0 Å². The van der Waals surface area contributed by atoms with Crippen LogP contribution in [0.3, 0.4) is 0 Å². The van der Waals surface area contributed by atoms with E-state index in [1.807, 2.05) is 44.2 Å². The van der Waals surface area contributed by atoms with Crippen molar-refractivity contribution >= 4 is 20.2 Å². The van der Waals surface area contributed by atoms with E-state index in [2.05, 4.69) is 49.4 Å². The number of likely N-dealkylation sites (tertiary alicyclic amines) is 1. The lowest BCUT2D eigenvalue weighted by atomic mass is 9.94. The van der Waals surface area contributed by atoms with Crippen molar-refractivity contribution in [3.8, 4) is 11.6 Å². The van der Waals surface area contributed by atoms with E-state index in [1.54, 1.807) is 17.9 Å². The third kappa shape index (κ3) is 8.49. The Bertz CT molecular complexity index is 1450. The minimum absolute atomic E-state index is 0.0700. The summed E-state index contributed by atoms with van der Waals surface area (Å²) in [5, 5.41) is 10.9. The number of urea groups is 1. The minimum Gasteiger partial charge on any atom is -0.474 e. The second kappa shape index (κ2) is 14.4. The number of aromatic nitrogens is 2. The van der Waals surface area contributed by atoms with Crippen LogP contribution in [0.2, 0.25) is 18.1 Å². The normalized spacial score (nSPS) is 18.2. The van der Waals surface area contributed by atoms with Crippen LogP contribution in [0.4, 0.5) is 19.4 Å². The quantitative estimate of drug-likeness (QED) is 0.220. The lowest BCUT2D eigenvalue weighted by Gasteiger charge is -2.38. The van der Waals surface area contributed by atoms with Crippen LogP contribution in [0.15, 0.2) is 48.5 Å². The maximum absolute atomic E-state index is 14.2. The van der Waals surface area contributed by atoms with Gasteiger partial charge >= 0.3 is 6.03 Å². The zero-order valence-corrected chi connectivity index (χ0v) is 28.6. The van der Waals surface area contributed by atoms with E-state index in [0.29, 0.717) is 55.7 Å². The van der Waals surface area contributed by atoms with Gasteiger partial charge in [-0.3, -0.25) is 10.2 Å². The Kier molecular flexibility index (Phi) is 11.1. The number of anilines is 1. The van der Waals surface area contributed by atoms with Gasteiger partial charge in [0.2, 0.25) is 5.88 Å². The topological polar surface area (TPSA) is 89.9 Å². The molecule has 0 aliphatic carbocycles. The average molecular weight is 644 g/mol. The van der Waals surface area contributed by atoms with Gasteiger partial charge in [-0.25, -0.2) is 18.3 Å². The molecule has 4 rings (SSSR count). The Balaban J connectivity index is 1.54. The first-order valence-corrected chi connectivity index (χ1v) is 18.3. The first kappa shape index (κ1) is 34.5. The number of nitrogens with zero attached hydrogens (tertiary/aromatic N) is 3. The molecule has 1 saturated heterocycles. The highest BCUT2D eigenvalue weighted by molar-refractivity contribution is 6.74. The van der Waals surface area contributed by atoms with Gasteiger partial charge in [-0.1, -0.05) is 45.0 Å². The molecule has 0 spiro atoms. The Morgan fingerprint density at radius 3 is 2.47 bits per heavy atom. The summed E-state index contributed by atoms with van der Waals surface area (Å²) < 4.78 is 47.4. The van der Waals surface area contributed by atoms with Crippen LogP contribution in [0.1, 0.15) is 44.7 Å². The number of carbonyl (C=O) groups is 1. The average Bonchev–Trinajstić information content (AvgIpc) is 3.52. The third-order valence-electron chi connectivity index (χ3n) is 8.76. The van der Waals surface area contributed by atoms with E-state index >= 15 is 0 Å². The summed E-state index contributed by atoms with van der Waals surface area (Å²) in [6.45, 7) is 17.4. The summed E-state index contributed by atoms with van der Waals surface area (Å²) in [7, 11) is -0.358. The third-order valence-corrected chi connectivity index (χ3v) is 13.4. The van der Waals surface area contributed by atoms with Gasteiger partial charge in [0.15, 0.2) is 20.0 Å². The Morgan fingerprint density at radius 2 is 1.82 bits per heavy atom. The summed E-state index contributed by atoms with van der Waals surface area (Å²) in [6.07, 6.45) is -0.150. The molecular weight excluding hydrogens is 596 g/mol. The highest BCUT2D eigenvalue weighted by atomic mass is 28.4. The zero-order valence-electron chi connectivity index (χ0n) is 27.6. The lowest BCUT2D eigenvalue weighted by molar-refractivity contribution is 0.126. The summed E-state index contributed by atoms with van der Waals surface area (Å²) in [5.41, 5.74) is 2.04. The molecule has 1 aliphatic heterocycles. The van der Waals surface area contributed by atoms with Crippen molar-refractivity contribution in [1.82, 2.24) is 20.0 Å². The molecule has 1 aromatic heterocycles. The molecule has 246 valence electrons.